The topological polar surface area (TPSA) is 43.8 Å². The van der Waals surface area contributed by atoms with Crippen molar-refractivity contribution in [1.29, 1.82) is 0 Å². The molecule has 2 N–H and O–H groups in total. The number of nitrogens with two attached hydrogens (primary N) is 1. The number of rotatable bonds is 4. The normalized spacial score (nSPS) is 10.7. The lowest BCUT2D eigenvalue weighted by Crippen LogP contribution is -2.01. The number of benzene rings is 1. The molecule has 0 atom stereocenters. The second-order valence-corrected chi connectivity index (χ2v) is 5.20. The predicted octanol–water partition coefficient (Wildman–Crippen LogP) is 3.61. The highest BCUT2D eigenvalue weighted by Gasteiger charge is 2.07. The van der Waals surface area contributed by atoms with Crippen LogP contribution < -0.4 is 5.73 Å². The van der Waals surface area contributed by atoms with Crippen molar-refractivity contribution in [3.63, 3.8) is 0 Å². The molecule has 0 saturated heterocycles. The lowest BCUT2D eigenvalue weighted by Gasteiger charge is -2.03. The zero-order valence-electron chi connectivity index (χ0n) is 9.56. The minimum absolute atomic E-state index is 0.630. The van der Waals surface area contributed by atoms with Crippen LogP contribution >= 0.6 is 23.4 Å². The first-order chi connectivity index (χ1) is 8.20. The van der Waals surface area contributed by atoms with Crippen molar-refractivity contribution in [2.75, 3.05) is 11.5 Å². The number of anilines is 1. The Bertz CT molecular complexity index is 510. The molecule has 3 nitrogen and oxygen atoms in total. The Hall–Kier alpha value is -1.13. The van der Waals surface area contributed by atoms with Crippen molar-refractivity contribution in [1.82, 2.24) is 9.78 Å². The fourth-order valence-corrected chi connectivity index (χ4v) is 2.41. The maximum atomic E-state index is 5.95. The van der Waals surface area contributed by atoms with E-state index in [0.29, 0.717) is 10.8 Å². The molecule has 2 rings (SSSR count). The highest BCUT2D eigenvalue weighted by Crippen LogP contribution is 2.23. The summed E-state index contributed by atoms with van der Waals surface area (Å²) in [5.74, 6) is 1.68. The first kappa shape index (κ1) is 12.3. The van der Waals surface area contributed by atoms with Crippen LogP contribution in [0.25, 0.3) is 5.69 Å². The maximum absolute atomic E-state index is 5.95. The van der Waals surface area contributed by atoms with E-state index in [9.17, 15) is 0 Å². The Morgan fingerprint density at radius 3 is 2.94 bits per heavy atom. The van der Waals surface area contributed by atoms with Crippen molar-refractivity contribution in [2.45, 2.75) is 18.4 Å². The Kier molecular flexibility index (Phi) is 3.97. The SMILES string of the molecule is CCCSc1cc(N)n(-c2cccc(Cl)c2)n1. The Balaban J connectivity index is 2.29. The number of hydrogen-bond donors (Lipinski definition) is 1. The van der Waals surface area contributed by atoms with Crippen LogP contribution in [-0.4, -0.2) is 15.5 Å². The molecule has 90 valence electrons. The number of nitrogens with zero attached hydrogens (tertiary/aromatic N) is 2. The molecule has 17 heavy (non-hydrogen) atoms. The van der Waals surface area contributed by atoms with Gasteiger partial charge in [0.2, 0.25) is 0 Å². The van der Waals surface area contributed by atoms with Gasteiger partial charge in [0.05, 0.1) is 5.69 Å². The summed E-state index contributed by atoms with van der Waals surface area (Å²) >= 11 is 7.66. The standard InChI is InChI=1S/C12H14ClN3S/c1-2-6-17-12-8-11(14)16(15-12)10-5-3-4-9(13)7-10/h3-5,7-8H,2,6,14H2,1H3. The average Bonchev–Trinajstić information content (AvgIpc) is 2.68. The van der Waals surface area contributed by atoms with Crippen molar-refractivity contribution >= 4 is 29.2 Å². The van der Waals surface area contributed by atoms with Crippen LogP contribution in [0.3, 0.4) is 0 Å². The molecule has 0 saturated carbocycles. The summed E-state index contributed by atoms with van der Waals surface area (Å²) in [7, 11) is 0. The molecule has 0 aliphatic rings. The highest BCUT2D eigenvalue weighted by atomic mass is 35.5. The van der Waals surface area contributed by atoms with Crippen LogP contribution in [-0.2, 0) is 0 Å². The average molecular weight is 268 g/mol. The smallest absolute Gasteiger partial charge is 0.128 e. The zero-order valence-corrected chi connectivity index (χ0v) is 11.1. The summed E-state index contributed by atoms with van der Waals surface area (Å²) in [6.45, 7) is 2.14. The van der Waals surface area contributed by atoms with E-state index in [1.807, 2.05) is 30.3 Å². The second kappa shape index (κ2) is 5.47. The lowest BCUT2D eigenvalue weighted by atomic mass is 10.3. The largest absolute Gasteiger partial charge is 0.384 e. The quantitative estimate of drug-likeness (QED) is 0.861. The van der Waals surface area contributed by atoms with Gasteiger partial charge in [-0.05, 0) is 30.4 Å². The molecule has 1 heterocycles. The molecule has 0 aliphatic heterocycles. The van der Waals surface area contributed by atoms with Gasteiger partial charge in [0.15, 0.2) is 0 Å². The van der Waals surface area contributed by atoms with Gasteiger partial charge in [-0.15, -0.1) is 11.8 Å². The fourth-order valence-electron chi connectivity index (χ4n) is 1.46. The van der Waals surface area contributed by atoms with Crippen LogP contribution in [0, 0.1) is 0 Å². The van der Waals surface area contributed by atoms with Gasteiger partial charge in [0, 0.05) is 11.1 Å². The molecule has 0 aliphatic carbocycles. The summed E-state index contributed by atoms with van der Waals surface area (Å²) in [5.41, 5.74) is 6.83. The minimum Gasteiger partial charge on any atom is -0.384 e. The van der Waals surface area contributed by atoms with Gasteiger partial charge in [-0.2, -0.15) is 5.10 Å². The predicted molar refractivity (Wildman–Crippen MR) is 74.0 cm³/mol. The van der Waals surface area contributed by atoms with E-state index in [-0.39, 0.29) is 0 Å². The number of aromatic nitrogens is 2. The second-order valence-electron chi connectivity index (χ2n) is 3.65. The lowest BCUT2D eigenvalue weighted by molar-refractivity contribution is 0.845. The molecule has 0 bridgehead atoms. The summed E-state index contributed by atoms with van der Waals surface area (Å²) in [5, 5.41) is 6.08. The van der Waals surface area contributed by atoms with Crippen LogP contribution in [0.1, 0.15) is 13.3 Å². The molecular formula is C12H14ClN3S. The number of thioether (sulfide) groups is 1. The van der Waals surface area contributed by atoms with Crippen molar-refractivity contribution in [3.8, 4) is 5.69 Å². The first-order valence-electron chi connectivity index (χ1n) is 5.45. The van der Waals surface area contributed by atoms with Crippen LogP contribution in [0.5, 0.6) is 0 Å². The van der Waals surface area contributed by atoms with Gasteiger partial charge in [-0.3, -0.25) is 0 Å². The molecule has 0 spiro atoms. The molecule has 5 heteroatoms. The van der Waals surface area contributed by atoms with Crippen molar-refractivity contribution in [2.24, 2.45) is 0 Å². The third-order valence-corrected chi connectivity index (χ3v) is 3.56. The van der Waals surface area contributed by atoms with Gasteiger partial charge < -0.3 is 5.73 Å². The maximum Gasteiger partial charge on any atom is 0.128 e. The molecule has 2 aromatic rings. The van der Waals surface area contributed by atoms with Gasteiger partial charge in [-0.25, -0.2) is 4.68 Å². The number of hydrogen-bond acceptors (Lipinski definition) is 3. The summed E-state index contributed by atoms with van der Waals surface area (Å²) in [6, 6.07) is 9.39. The summed E-state index contributed by atoms with van der Waals surface area (Å²) < 4.78 is 1.71. The first-order valence-corrected chi connectivity index (χ1v) is 6.81. The van der Waals surface area contributed by atoms with E-state index >= 15 is 0 Å². The van der Waals surface area contributed by atoms with Gasteiger partial charge in [0.1, 0.15) is 10.8 Å². The molecule has 1 aromatic heterocycles. The van der Waals surface area contributed by atoms with E-state index in [1.165, 1.54) is 0 Å². The Labute approximate surface area is 110 Å². The minimum atomic E-state index is 0.630. The summed E-state index contributed by atoms with van der Waals surface area (Å²) in [6.07, 6.45) is 1.12. The van der Waals surface area contributed by atoms with Crippen LogP contribution in [0.4, 0.5) is 5.82 Å². The van der Waals surface area contributed by atoms with E-state index in [0.717, 1.165) is 22.9 Å². The van der Waals surface area contributed by atoms with Crippen molar-refractivity contribution in [3.05, 3.63) is 35.4 Å². The van der Waals surface area contributed by atoms with Gasteiger partial charge in [-0.1, -0.05) is 24.6 Å². The molecular weight excluding hydrogens is 254 g/mol. The zero-order chi connectivity index (χ0) is 12.3. The highest BCUT2D eigenvalue weighted by molar-refractivity contribution is 7.99. The molecule has 0 amide bonds. The molecule has 0 radical (unpaired) electrons. The molecule has 0 fully saturated rings. The number of halogens is 1. The van der Waals surface area contributed by atoms with E-state index in [4.69, 9.17) is 17.3 Å². The van der Waals surface area contributed by atoms with E-state index in [2.05, 4.69) is 12.0 Å². The van der Waals surface area contributed by atoms with Crippen molar-refractivity contribution < 1.29 is 0 Å². The van der Waals surface area contributed by atoms with Crippen LogP contribution in [0.2, 0.25) is 5.02 Å². The monoisotopic (exact) mass is 267 g/mol. The third-order valence-electron chi connectivity index (χ3n) is 2.22. The number of nitrogen functional groups attached to an aromatic ring is 1. The van der Waals surface area contributed by atoms with E-state index < -0.39 is 0 Å². The van der Waals surface area contributed by atoms with Gasteiger partial charge >= 0.3 is 0 Å². The molecule has 1 aromatic carbocycles. The Morgan fingerprint density at radius 2 is 2.24 bits per heavy atom. The fraction of sp³-hybridized carbons (Fsp3) is 0.250. The molecule has 0 unspecified atom stereocenters. The van der Waals surface area contributed by atoms with Gasteiger partial charge in [0.25, 0.3) is 0 Å². The van der Waals surface area contributed by atoms with Crippen LogP contribution in [0.15, 0.2) is 35.4 Å². The van der Waals surface area contributed by atoms with E-state index in [1.54, 1.807) is 16.4 Å². The third kappa shape index (κ3) is 2.96. The Morgan fingerprint density at radius 1 is 1.41 bits per heavy atom. The summed E-state index contributed by atoms with van der Waals surface area (Å²) in [4.78, 5) is 0.